The normalized spacial score (nSPS) is 36.4. The molecule has 23 heavy (non-hydrogen) atoms. The van der Waals surface area contributed by atoms with Gasteiger partial charge in [0.1, 0.15) is 0 Å². The minimum atomic E-state index is -4.47. The highest BCUT2D eigenvalue weighted by Gasteiger charge is 2.64. The van der Waals surface area contributed by atoms with Crippen molar-refractivity contribution in [3.63, 3.8) is 0 Å². The maximum atomic E-state index is 12.9. The number of hydrogen-bond donors (Lipinski definition) is 2. The fourth-order valence-electron chi connectivity index (χ4n) is 4.41. The van der Waals surface area contributed by atoms with Gasteiger partial charge in [0.05, 0.1) is 17.3 Å². The quantitative estimate of drug-likeness (QED) is 0.834. The maximum Gasteiger partial charge on any atom is 0.416 e. The van der Waals surface area contributed by atoms with E-state index in [1.807, 2.05) is 0 Å². The molecule has 2 bridgehead atoms. The van der Waals surface area contributed by atoms with E-state index in [1.165, 1.54) is 12.1 Å². The van der Waals surface area contributed by atoms with Gasteiger partial charge in [-0.1, -0.05) is 6.07 Å². The van der Waals surface area contributed by atoms with Gasteiger partial charge in [-0.25, -0.2) is 10.4 Å². The zero-order chi connectivity index (χ0) is 16.4. The second-order valence-corrected chi connectivity index (χ2v) is 6.73. The predicted molar refractivity (Wildman–Crippen MR) is 76.3 cm³/mol. The van der Waals surface area contributed by atoms with Crippen LogP contribution in [0.25, 0.3) is 0 Å². The van der Waals surface area contributed by atoms with Crippen LogP contribution in [-0.4, -0.2) is 22.7 Å². The summed E-state index contributed by atoms with van der Waals surface area (Å²) in [5.74, 6) is -0.464. The van der Waals surface area contributed by atoms with Crippen molar-refractivity contribution in [2.45, 2.75) is 43.5 Å². The molecule has 124 valence electrons. The van der Waals surface area contributed by atoms with E-state index in [0.29, 0.717) is 0 Å². The van der Waals surface area contributed by atoms with Crippen molar-refractivity contribution in [3.8, 4) is 0 Å². The number of alkyl halides is 3. The van der Waals surface area contributed by atoms with E-state index in [0.717, 1.165) is 42.8 Å². The number of nitrogens with zero attached hydrogens (tertiary/aromatic N) is 1. The lowest BCUT2D eigenvalue weighted by Gasteiger charge is -2.48. The molecule has 1 aromatic rings. The van der Waals surface area contributed by atoms with Crippen LogP contribution >= 0.6 is 0 Å². The fraction of sp³-hybridized carbons (Fsp3) is 0.562. The van der Waals surface area contributed by atoms with Crippen LogP contribution < -0.4 is 10.4 Å². The molecule has 7 heteroatoms. The third-order valence-electron chi connectivity index (χ3n) is 5.59. The van der Waals surface area contributed by atoms with Crippen molar-refractivity contribution in [1.29, 1.82) is 0 Å². The Kier molecular flexibility index (Phi) is 3.06. The standard InChI is InChI=1S/C16H17F3N2O2/c17-16(18,19)11-2-1-3-12(8-11)21-14(22)15(23)10-6-4-9(5-7-10)13(15)20-21/h1-3,8-10,13,20,23H,4-7H2/t9-,10+,13-,15-/m0/s1. The third kappa shape index (κ3) is 2.03. The van der Waals surface area contributed by atoms with Gasteiger partial charge in [0, 0.05) is 0 Å². The summed E-state index contributed by atoms with van der Waals surface area (Å²) in [7, 11) is 0. The molecule has 0 radical (unpaired) electrons. The first kappa shape index (κ1) is 15.0. The molecular weight excluding hydrogens is 309 g/mol. The second kappa shape index (κ2) is 4.70. The molecule has 4 fully saturated rings. The monoisotopic (exact) mass is 326 g/mol. The number of hydrazine groups is 1. The smallest absolute Gasteiger partial charge is 0.378 e. The third-order valence-corrected chi connectivity index (χ3v) is 5.59. The lowest BCUT2D eigenvalue weighted by molar-refractivity contribution is -0.152. The van der Waals surface area contributed by atoms with Crippen LogP contribution in [0.5, 0.6) is 0 Å². The van der Waals surface area contributed by atoms with Gasteiger partial charge in [-0.2, -0.15) is 13.2 Å². The van der Waals surface area contributed by atoms with Crippen molar-refractivity contribution in [2.75, 3.05) is 5.01 Å². The van der Waals surface area contributed by atoms with E-state index in [2.05, 4.69) is 5.43 Å². The van der Waals surface area contributed by atoms with Gasteiger partial charge in [0.15, 0.2) is 5.60 Å². The summed E-state index contributed by atoms with van der Waals surface area (Å²) in [6, 6.07) is 4.22. The zero-order valence-electron chi connectivity index (χ0n) is 12.3. The number of nitrogens with one attached hydrogen (secondary N) is 1. The van der Waals surface area contributed by atoms with Crippen molar-refractivity contribution < 1.29 is 23.1 Å². The number of carbonyl (C=O) groups is 1. The van der Waals surface area contributed by atoms with Crippen LogP contribution in [0.4, 0.5) is 18.9 Å². The largest absolute Gasteiger partial charge is 0.416 e. The van der Waals surface area contributed by atoms with Crippen molar-refractivity contribution >= 4 is 11.6 Å². The Hall–Kier alpha value is -1.60. The van der Waals surface area contributed by atoms with Gasteiger partial charge >= 0.3 is 6.18 Å². The van der Waals surface area contributed by atoms with Crippen LogP contribution in [-0.2, 0) is 11.0 Å². The lowest BCUT2D eigenvalue weighted by Crippen LogP contribution is -2.61. The number of benzene rings is 1. The zero-order valence-corrected chi connectivity index (χ0v) is 12.3. The van der Waals surface area contributed by atoms with Crippen LogP contribution in [0.15, 0.2) is 24.3 Å². The second-order valence-electron chi connectivity index (χ2n) is 6.73. The first-order chi connectivity index (χ1) is 10.8. The Morgan fingerprint density at radius 3 is 2.52 bits per heavy atom. The molecule has 0 unspecified atom stereocenters. The Morgan fingerprint density at radius 2 is 1.91 bits per heavy atom. The Balaban J connectivity index is 1.71. The number of amides is 1. The van der Waals surface area contributed by atoms with Crippen LogP contribution in [0, 0.1) is 11.8 Å². The van der Waals surface area contributed by atoms with E-state index < -0.39 is 29.3 Å². The summed E-state index contributed by atoms with van der Waals surface area (Å²) in [6.45, 7) is 0. The molecule has 4 nitrogen and oxygen atoms in total. The van der Waals surface area contributed by atoms with E-state index in [9.17, 15) is 23.1 Å². The average molecular weight is 326 g/mol. The summed E-state index contributed by atoms with van der Waals surface area (Å²) in [6.07, 6.45) is -1.01. The molecule has 1 heterocycles. The summed E-state index contributed by atoms with van der Waals surface area (Å²) in [5, 5.41) is 12.1. The minimum absolute atomic E-state index is 0.117. The van der Waals surface area contributed by atoms with Crippen LogP contribution in [0.1, 0.15) is 31.2 Å². The molecule has 2 atom stereocenters. The predicted octanol–water partition coefficient (Wildman–Crippen LogP) is 2.48. The van der Waals surface area contributed by atoms with Gasteiger partial charge in [-0.3, -0.25) is 4.79 Å². The van der Waals surface area contributed by atoms with Gasteiger partial charge in [-0.05, 0) is 55.7 Å². The number of hydrogen-bond acceptors (Lipinski definition) is 3. The molecular formula is C16H17F3N2O2. The number of halogens is 3. The first-order valence-electron chi connectivity index (χ1n) is 7.82. The topological polar surface area (TPSA) is 52.6 Å². The molecule has 3 aliphatic carbocycles. The van der Waals surface area contributed by atoms with E-state index in [4.69, 9.17) is 0 Å². The summed E-state index contributed by atoms with van der Waals surface area (Å²) in [5.41, 5.74) is 0.792. The molecule has 4 aliphatic rings. The van der Waals surface area contributed by atoms with Crippen molar-refractivity contribution in [1.82, 2.24) is 5.43 Å². The number of rotatable bonds is 1. The molecule has 3 saturated carbocycles. The highest BCUT2D eigenvalue weighted by Crippen LogP contribution is 2.51. The molecule has 0 spiro atoms. The summed E-state index contributed by atoms with van der Waals surface area (Å²) >= 11 is 0. The Morgan fingerprint density at radius 1 is 1.22 bits per heavy atom. The highest BCUT2D eigenvalue weighted by atomic mass is 19.4. The van der Waals surface area contributed by atoms with Gasteiger partial charge in [-0.15, -0.1) is 0 Å². The molecule has 1 aromatic carbocycles. The minimum Gasteiger partial charge on any atom is -0.378 e. The van der Waals surface area contributed by atoms with Gasteiger partial charge < -0.3 is 5.11 Å². The van der Waals surface area contributed by atoms with Crippen LogP contribution in [0.2, 0.25) is 0 Å². The van der Waals surface area contributed by atoms with E-state index in [-0.39, 0.29) is 17.5 Å². The molecule has 2 N–H and O–H groups in total. The SMILES string of the molecule is O=C1N(c2cccc(C(F)(F)F)c2)N[C@H]2[C@H]3CC[C@H](CC3)[C@@]12O. The van der Waals surface area contributed by atoms with Crippen LogP contribution in [0.3, 0.4) is 0 Å². The maximum absolute atomic E-state index is 12.9. The fourth-order valence-corrected chi connectivity index (χ4v) is 4.41. The number of aliphatic hydroxyl groups is 1. The first-order valence-corrected chi connectivity index (χ1v) is 7.82. The Labute approximate surface area is 131 Å². The van der Waals surface area contributed by atoms with Gasteiger partial charge in [0.25, 0.3) is 5.91 Å². The Bertz CT molecular complexity index is 655. The van der Waals surface area contributed by atoms with E-state index >= 15 is 0 Å². The number of carbonyl (C=O) groups excluding carboxylic acids is 1. The molecule has 1 amide bonds. The number of anilines is 1. The van der Waals surface area contributed by atoms with Gasteiger partial charge in [0.2, 0.25) is 0 Å². The molecule has 1 saturated heterocycles. The lowest BCUT2D eigenvalue weighted by atomic mass is 9.59. The summed E-state index contributed by atoms with van der Waals surface area (Å²) in [4.78, 5) is 12.7. The molecule has 1 aliphatic heterocycles. The molecule has 5 rings (SSSR count). The van der Waals surface area contributed by atoms with Crippen molar-refractivity contribution in [2.24, 2.45) is 11.8 Å². The summed E-state index contributed by atoms with van der Waals surface area (Å²) < 4.78 is 38.7. The average Bonchev–Trinajstić information content (AvgIpc) is 2.82. The van der Waals surface area contributed by atoms with E-state index in [1.54, 1.807) is 0 Å². The highest BCUT2D eigenvalue weighted by molar-refractivity contribution is 6.02. The molecule has 0 aromatic heterocycles. The number of fused-ring (bicyclic) bond motifs is 2. The van der Waals surface area contributed by atoms with Crippen molar-refractivity contribution in [3.05, 3.63) is 29.8 Å².